The third-order valence-electron chi connectivity index (χ3n) is 4.64. The van der Waals surface area contributed by atoms with E-state index in [1.54, 1.807) is 11.3 Å². The molecule has 3 heteroatoms. The lowest BCUT2D eigenvalue weighted by Crippen LogP contribution is -2.37. The minimum absolute atomic E-state index is 0.511. The summed E-state index contributed by atoms with van der Waals surface area (Å²) < 4.78 is 0. The average molecular weight is 295 g/mol. The van der Waals surface area contributed by atoms with Crippen LogP contribution in [-0.2, 0) is 6.42 Å². The molecule has 1 heterocycles. The molecule has 1 aliphatic rings. The van der Waals surface area contributed by atoms with E-state index in [0.29, 0.717) is 5.41 Å². The second-order valence-electron chi connectivity index (χ2n) is 7.19. The van der Waals surface area contributed by atoms with E-state index in [1.807, 2.05) is 0 Å². The Kier molecular flexibility index (Phi) is 5.62. The van der Waals surface area contributed by atoms with Gasteiger partial charge in [-0.25, -0.2) is 4.98 Å². The van der Waals surface area contributed by atoms with Crippen LogP contribution in [0.15, 0.2) is 5.38 Å². The highest BCUT2D eigenvalue weighted by atomic mass is 32.1. The number of nitrogens with zero attached hydrogens (tertiary/aromatic N) is 1. The van der Waals surface area contributed by atoms with Crippen LogP contribution < -0.4 is 5.32 Å². The monoisotopic (exact) mass is 294 g/mol. The van der Waals surface area contributed by atoms with Crippen molar-refractivity contribution in [2.75, 3.05) is 13.1 Å². The Bertz CT molecular complexity index is 411. The molecule has 1 fully saturated rings. The van der Waals surface area contributed by atoms with E-state index in [1.165, 1.54) is 49.4 Å². The van der Waals surface area contributed by atoms with Gasteiger partial charge in [0.1, 0.15) is 0 Å². The van der Waals surface area contributed by atoms with Crippen LogP contribution in [0.1, 0.15) is 57.2 Å². The van der Waals surface area contributed by atoms with E-state index >= 15 is 0 Å². The Morgan fingerprint density at radius 2 is 2.20 bits per heavy atom. The second kappa shape index (κ2) is 7.04. The molecule has 20 heavy (non-hydrogen) atoms. The smallest absolute Gasteiger partial charge is 0.0897 e. The fourth-order valence-corrected chi connectivity index (χ4v) is 4.16. The predicted molar refractivity (Wildman–Crippen MR) is 88.3 cm³/mol. The molecule has 0 bridgehead atoms. The number of rotatable bonds is 6. The molecule has 0 aliphatic heterocycles. The zero-order chi connectivity index (χ0) is 14.6. The Hall–Kier alpha value is -0.410. The molecule has 1 aromatic rings. The van der Waals surface area contributed by atoms with Gasteiger partial charge in [0.15, 0.2) is 0 Å². The summed E-state index contributed by atoms with van der Waals surface area (Å²) in [5.41, 5.74) is 1.83. The van der Waals surface area contributed by atoms with Crippen molar-refractivity contribution in [2.45, 2.75) is 59.8 Å². The first-order valence-corrected chi connectivity index (χ1v) is 9.00. The Labute approximate surface area is 128 Å². The molecule has 114 valence electrons. The summed E-state index contributed by atoms with van der Waals surface area (Å²) in [6.45, 7) is 11.6. The molecule has 2 nitrogen and oxygen atoms in total. The molecule has 0 saturated heterocycles. The lowest BCUT2D eigenvalue weighted by Gasteiger charge is -2.41. The van der Waals surface area contributed by atoms with E-state index in [2.05, 4.69) is 43.4 Å². The van der Waals surface area contributed by atoms with Crippen molar-refractivity contribution in [1.29, 1.82) is 0 Å². The lowest BCUT2D eigenvalue weighted by atomic mass is 9.66. The van der Waals surface area contributed by atoms with E-state index in [4.69, 9.17) is 0 Å². The van der Waals surface area contributed by atoms with Gasteiger partial charge in [-0.1, -0.05) is 20.8 Å². The number of aryl methyl sites for hydroxylation is 1. The van der Waals surface area contributed by atoms with Crippen LogP contribution in [0.5, 0.6) is 0 Å². The number of aromatic nitrogens is 1. The third-order valence-corrected chi connectivity index (χ3v) is 5.47. The maximum atomic E-state index is 4.68. The van der Waals surface area contributed by atoms with Gasteiger partial charge in [-0.15, -0.1) is 11.3 Å². The quantitative estimate of drug-likeness (QED) is 0.785. The molecule has 2 rings (SSSR count). The van der Waals surface area contributed by atoms with Gasteiger partial charge in [0.05, 0.1) is 10.7 Å². The summed E-state index contributed by atoms with van der Waals surface area (Å²) >= 11 is 1.79. The average Bonchev–Trinajstić information content (AvgIpc) is 2.77. The number of thiazole rings is 1. The summed E-state index contributed by atoms with van der Waals surface area (Å²) in [6.07, 6.45) is 6.50. The molecule has 0 aromatic carbocycles. The number of nitrogens with one attached hydrogen (secondary N) is 1. The van der Waals surface area contributed by atoms with Crippen molar-refractivity contribution in [2.24, 2.45) is 17.3 Å². The molecular weight excluding hydrogens is 264 g/mol. The van der Waals surface area contributed by atoms with Crippen molar-refractivity contribution < 1.29 is 0 Å². The van der Waals surface area contributed by atoms with Gasteiger partial charge in [-0.3, -0.25) is 0 Å². The maximum absolute atomic E-state index is 4.68. The summed E-state index contributed by atoms with van der Waals surface area (Å²) in [6, 6.07) is 0. The van der Waals surface area contributed by atoms with E-state index < -0.39 is 0 Å². The second-order valence-corrected chi connectivity index (χ2v) is 8.26. The zero-order valence-corrected chi connectivity index (χ0v) is 14.4. The van der Waals surface area contributed by atoms with Gasteiger partial charge in [0, 0.05) is 5.38 Å². The topological polar surface area (TPSA) is 24.9 Å². The fraction of sp³-hybridized carbons (Fsp3) is 0.824. The number of hydrogen-bond acceptors (Lipinski definition) is 3. The normalized spacial score (nSPS) is 25.8. The van der Waals surface area contributed by atoms with Crippen molar-refractivity contribution in [1.82, 2.24) is 10.3 Å². The third kappa shape index (κ3) is 4.56. The minimum Gasteiger partial charge on any atom is -0.316 e. The van der Waals surface area contributed by atoms with E-state index in [-0.39, 0.29) is 0 Å². The zero-order valence-electron chi connectivity index (χ0n) is 13.5. The molecule has 0 radical (unpaired) electrons. The van der Waals surface area contributed by atoms with Gasteiger partial charge < -0.3 is 5.32 Å². The molecule has 1 aliphatic carbocycles. The van der Waals surface area contributed by atoms with Gasteiger partial charge in [0.2, 0.25) is 0 Å². The predicted octanol–water partition coefficient (Wildman–Crippen LogP) is 4.44. The molecule has 0 spiro atoms. The maximum Gasteiger partial charge on any atom is 0.0897 e. The standard InChI is InChI=1S/C17H30N2S/c1-5-8-18-11-14-6-7-17(3,4)10-15(14)9-16-12-20-13(2)19-16/h12,14-15,18H,5-11H2,1-4H3. The van der Waals surface area contributed by atoms with Gasteiger partial charge in [0.25, 0.3) is 0 Å². The molecular formula is C17H30N2S. The summed E-state index contributed by atoms with van der Waals surface area (Å²) in [5.74, 6) is 1.63. The first kappa shape index (κ1) is 16.0. The summed E-state index contributed by atoms with van der Waals surface area (Å²) in [4.78, 5) is 4.68. The molecule has 2 atom stereocenters. The number of hydrogen-bond donors (Lipinski definition) is 1. The van der Waals surface area contributed by atoms with Gasteiger partial charge in [-0.2, -0.15) is 0 Å². The van der Waals surface area contributed by atoms with Crippen LogP contribution in [0.4, 0.5) is 0 Å². The molecule has 2 unspecified atom stereocenters. The van der Waals surface area contributed by atoms with Crippen LogP contribution in [0.2, 0.25) is 0 Å². The van der Waals surface area contributed by atoms with Crippen LogP contribution in [0.25, 0.3) is 0 Å². The molecule has 1 saturated carbocycles. The first-order chi connectivity index (χ1) is 9.50. The van der Waals surface area contributed by atoms with Crippen LogP contribution in [0, 0.1) is 24.2 Å². The Morgan fingerprint density at radius 1 is 1.40 bits per heavy atom. The van der Waals surface area contributed by atoms with Crippen molar-refractivity contribution in [3.05, 3.63) is 16.1 Å². The SMILES string of the molecule is CCCNCC1CCC(C)(C)CC1Cc1csc(C)n1. The van der Waals surface area contributed by atoms with Crippen molar-refractivity contribution in [3.8, 4) is 0 Å². The minimum atomic E-state index is 0.511. The van der Waals surface area contributed by atoms with Gasteiger partial charge in [-0.05, 0) is 69.4 Å². The fourth-order valence-electron chi connectivity index (χ4n) is 3.53. The van der Waals surface area contributed by atoms with Crippen LogP contribution in [-0.4, -0.2) is 18.1 Å². The highest BCUT2D eigenvalue weighted by Crippen LogP contribution is 2.43. The summed E-state index contributed by atoms with van der Waals surface area (Å²) in [7, 11) is 0. The molecule has 1 aromatic heterocycles. The Morgan fingerprint density at radius 3 is 2.85 bits per heavy atom. The van der Waals surface area contributed by atoms with Crippen LogP contribution in [0.3, 0.4) is 0 Å². The Balaban J connectivity index is 1.98. The first-order valence-electron chi connectivity index (χ1n) is 8.12. The van der Waals surface area contributed by atoms with Gasteiger partial charge >= 0.3 is 0 Å². The molecule has 0 amide bonds. The largest absolute Gasteiger partial charge is 0.316 e. The van der Waals surface area contributed by atoms with Crippen molar-refractivity contribution >= 4 is 11.3 Å². The van der Waals surface area contributed by atoms with E-state index in [0.717, 1.165) is 18.4 Å². The lowest BCUT2D eigenvalue weighted by molar-refractivity contribution is 0.115. The summed E-state index contributed by atoms with van der Waals surface area (Å²) in [5, 5.41) is 7.10. The highest BCUT2D eigenvalue weighted by molar-refractivity contribution is 7.09. The molecule has 1 N–H and O–H groups in total. The van der Waals surface area contributed by atoms with Crippen molar-refractivity contribution in [3.63, 3.8) is 0 Å². The van der Waals surface area contributed by atoms with Crippen LogP contribution >= 0.6 is 11.3 Å². The van der Waals surface area contributed by atoms with E-state index in [9.17, 15) is 0 Å². The highest BCUT2D eigenvalue weighted by Gasteiger charge is 2.34.